The zero-order chi connectivity index (χ0) is 15.6. The van der Waals surface area contributed by atoms with Crippen LogP contribution in [0.25, 0.3) is 0 Å². The normalized spacial score (nSPS) is 14.0. The number of aryl methyl sites for hydroxylation is 1. The van der Waals surface area contributed by atoms with Gasteiger partial charge in [0.1, 0.15) is 5.82 Å². The second-order valence-corrected chi connectivity index (χ2v) is 5.77. The van der Waals surface area contributed by atoms with Gasteiger partial charge >= 0.3 is 0 Å². The highest BCUT2D eigenvalue weighted by molar-refractivity contribution is 6.31. The lowest BCUT2D eigenvalue weighted by Crippen LogP contribution is -2.22. The molecule has 2 atom stereocenters. The minimum atomic E-state index is -0.983. The predicted molar refractivity (Wildman–Crippen MR) is 84.4 cm³/mol. The van der Waals surface area contributed by atoms with Crippen molar-refractivity contribution in [2.75, 3.05) is 6.54 Å². The van der Waals surface area contributed by atoms with Gasteiger partial charge in [-0.25, -0.2) is 4.39 Å². The molecule has 0 spiro atoms. The van der Waals surface area contributed by atoms with Crippen LogP contribution in [0.4, 0.5) is 4.39 Å². The number of halogens is 3. The third-order valence-electron chi connectivity index (χ3n) is 3.57. The number of aliphatic hydroxyl groups is 1. The third-order valence-corrected chi connectivity index (χ3v) is 4.13. The summed E-state index contributed by atoms with van der Waals surface area (Å²) >= 11 is 12.0. The molecule has 0 amide bonds. The van der Waals surface area contributed by atoms with Gasteiger partial charge in [0.15, 0.2) is 0 Å². The molecule has 112 valence electrons. The Balaban J connectivity index is 2.48. The van der Waals surface area contributed by atoms with Gasteiger partial charge in [-0.1, -0.05) is 35.3 Å². The molecular weight excluding hydrogens is 312 g/mol. The summed E-state index contributed by atoms with van der Waals surface area (Å²) in [5, 5.41) is 11.4. The van der Waals surface area contributed by atoms with Crippen LogP contribution in [0.15, 0.2) is 36.4 Å². The van der Waals surface area contributed by atoms with Crippen LogP contribution in [0.3, 0.4) is 0 Å². The maximum Gasteiger partial charge on any atom is 0.128 e. The zero-order valence-corrected chi connectivity index (χ0v) is 13.0. The number of hydrogen-bond donors (Lipinski definition) is 2. The second kappa shape index (κ2) is 6.75. The van der Waals surface area contributed by atoms with Gasteiger partial charge in [0.2, 0.25) is 0 Å². The molecule has 0 saturated carbocycles. The Morgan fingerprint density at radius 3 is 2.57 bits per heavy atom. The summed E-state index contributed by atoms with van der Waals surface area (Å²) in [6.07, 6.45) is -0.983. The average Bonchev–Trinajstić information content (AvgIpc) is 2.45. The molecule has 5 heteroatoms. The van der Waals surface area contributed by atoms with E-state index in [0.717, 1.165) is 5.56 Å². The maximum atomic E-state index is 14.1. The molecule has 2 rings (SSSR count). The number of nitrogens with two attached hydrogens (primary N) is 1. The van der Waals surface area contributed by atoms with Crippen molar-refractivity contribution in [3.8, 4) is 0 Å². The molecule has 2 aromatic carbocycles. The lowest BCUT2D eigenvalue weighted by Gasteiger charge is -2.25. The molecule has 0 aliphatic heterocycles. The van der Waals surface area contributed by atoms with Gasteiger partial charge in [-0.2, -0.15) is 0 Å². The van der Waals surface area contributed by atoms with Gasteiger partial charge in [-0.05, 0) is 42.3 Å². The first-order valence-electron chi connectivity index (χ1n) is 6.53. The van der Waals surface area contributed by atoms with Crippen LogP contribution in [-0.2, 0) is 0 Å². The quantitative estimate of drug-likeness (QED) is 0.883. The Hall–Kier alpha value is -1.13. The van der Waals surface area contributed by atoms with Crippen LogP contribution in [0.1, 0.15) is 28.7 Å². The lowest BCUT2D eigenvalue weighted by molar-refractivity contribution is 0.145. The van der Waals surface area contributed by atoms with Crippen LogP contribution in [0.5, 0.6) is 0 Å². The molecule has 0 radical (unpaired) electrons. The van der Waals surface area contributed by atoms with Gasteiger partial charge in [0.25, 0.3) is 0 Å². The van der Waals surface area contributed by atoms with Gasteiger partial charge in [-0.3, -0.25) is 0 Å². The number of rotatable bonds is 4. The van der Waals surface area contributed by atoms with Crippen LogP contribution >= 0.6 is 23.2 Å². The predicted octanol–water partition coefficient (Wildman–Crippen LogP) is 4.22. The number of hydrogen-bond acceptors (Lipinski definition) is 2. The van der Waals surface area contributed by atoms with Gasteiger partial charge in [-0.15, -0.1) is 0 Å². The molecule has 0 aromatic heterocycles. The van der Waals surface area contributed by atoms with Crippen molar-refractivity contribution in [2.24, 2.45) is 5.73 Å². The first kappa shape index (κ1) is 16.2. The smallest absolute Gasteiger partial charge is 0.128 e. The summed E-state index contributed by atoms with van der Waals surface area (Å²) in [5.41, 5.74) is 7.46. The largest absolute Gasteiger partial charge is 0.388 e. The Morgan fingerprint density at radius 2 is 1.95 bits per heavy atom. The van der Waals surface area contributed by atoms with E-state index in [2.05, 4.69) is 0 Å². The first-order valence-corrected chi connectivity index (χ1v) is 7.29. The zero-order valence-electron chi connectivity index (χ0n) is 11.5. The highest BCUT2D eigenvalue weighted by Crippen LogP contribution is 2.37. The van der Waals surface area contributed by atoms with E-state index >= 15 is 0 Å². The summed E-state index contributed by atoms with van der Waals surface area (Å²) in [7, 11) is 0. The van der Waals surface area contributed by atoms with Crippen molar-refractivity contribution in [1.29, 1.82) is 0 Å². The standard InChI is InChI=1S/C16H16Cl2FNO/c1-9-5-6-10(17)7-11(9)16(21)12(8-20)15-13(18)3-2-4-14(15)19/h2-7,12,16,21H,8,20H2,1H3. The van der Waals surface area contributed by atoms with E-state index in [9.17, 15) is 9.50 Å². The molecular formula is C16H16Cl2FNO. The van der Waals surface area contributed by atoms with E-state index in [1.165, 1.54) is 12.1 Å². The topological polar surface area (TPSA) is 46.2 Å². The second-order valence-electron chi connectivity index (χ2n) is 4.92. The van der Waals surface area contributed by atoms with Crippen molar-refractivity contribution in [3.05, 3.63) is 69.0 Å². The Bertz CT molecular complexity index is 628. The third kappa shape index (κ3) is 3.38. The minimum Gasteiger partial charge on any atom is -0.388 e. The minimum absolute atomic E-state index is 0.0633. The summed E-state index contributed by atoms with van der Waals surface area (Å²) < 4.78 is 14.1. The van der Waals surface area contributed by atoms with Gasteiger partial charge in [0, 0.05) is 28.1 Å². The highest BCUT2D eigenvalue weighted by Gasteiger charge is 2.27. The van der Waals surface area contributed by atoms with Gasteiger partial charge in [0.05, 0.1) is 6.10 Å². The molecule has 0 heterocycles. The molecule has 0 fully saturated rings. The summed E-state index contributed by atoms with van der Waals surface area (Å²) in [6, 6.07) is 9.62. The lowest BCUT2D eigenvalue weighted by atomic mass is 9.87. The average molecular weight is 328 g/mol. The molecule has 21 heavy (non-hydrogen) atoms. The fourth-order valence-electron chi connectivity index (χ4n) is 2.42. The Morgan fingerprint density at radius 1 is 1.24 bits per heavy atom. The van der Waals surface area contributed by atoms with Crippen LogP contribution in [-0.4, -0.2) is 11.7 Å². The van der Waals surface area contributed by atoms with E-state index < -0.39 is 17.8 Å². The molecule has 0 bridgehead atoms. The van der Waals surface area contributed by atoms with Crippen molar-refractivity contribution in [2.45, 2.75) is 18.9 Å². The SMILES string of the molecule is Cc1ccc(Cl)cc1C(O)C(CN)c1c(F)cccc1Cl. The Labute approximate surface area is 133 Å². The van der Waals surface area contributed by atoms with Crippen molar-refractivity contribution in [1.82, 2.24) is 0 Å². The monoisotopic (exact) mass is 327 g/mol. The molecule has 0 saturated heterocycles. The number of benzene rings is 2. The van der Waals surface area contributed by atoms with Gasteiger partial charge < -0.3 is 10.8 Å². The molecule has 0 aliphatic rings. The summed E-state index contributed by atoms with van der Waals surface area (Å²) in [6.45, 7) is 1.92. The van der Waals surface area contributed by atoms with Crippen LogP contribution < -0.4 is 5.73 Å². The summed E-state index contributed by atoms with van der Waals surface area (Å²) in [5.74, 6) is -1.12. The highest BCUT2D eigenvalue weighted by atomic mass is 35.5. The first-order chi connectivity index (χ1) is 9.95. The van der Waals surface area contributed by atoms with E-state index in [1.54, 1.807) is 24.3 Å². The maximum absolute atomic E-state index is 14.1. The fourth-order valence-corrected chi connectivity index (χ4v) is 2.90. The van der Waals surface area contributed by atoms with Crippen LogP contribution in [0, 0.1) is 12.7 Å². The van der Waals surface area contributed by atoms with Crippen molar-refractivity contribution < 1.29 is 9.50 Å². The van der Waals surface area contributed by atoms with Crippen molar-refractivity contribution >= 4 is 23.2 Å². The van der Waals surface area contributed by atoms with E-state index in [-0.39, 0.29) is 17.1 Å². The molecule has 2 aromatic rings. The molecule has 2 unspecified atom stereocenters. The summed E-state index contributed by atoms with van der Waals surface area (Å²) in [4.78, 5) is 0. The van der Waals surface area contributed by atoms with E-state index in [4.69, 9.17) is 28.9 Å². The fraction of sp³-hybridized carbons (Fsp3) is 0.250. The van der Waals surface area contributed by atoms with E-state index in [0.29, 0.717) is 10.6 Å². The number of aliphatic hydroxyl groups excluding tert-OH is 1. The molecule has 0 aliphatic carbocycles. The van der Waals surface area contributed by atoms with Crippen molar-refractivity contribution in [3.63, 3.8) is 0 Å². The Kier molecular flexibility index (Phi) is 5.22. The van der Waals surface area contributed by atoms with Crippen LogP contribution in [0.2, 0.25) is 10.0 Å². The molecule has 2 nitrogen and oxygen atoms in total. The van der Waals surface area contributed by atoms with E-state index in [1.807, 2.05) is 6.92 Å². The molecule has 3 N–H and O–H groups in total.